The van der Waals surface area contributed by atoms with Gasteiger partial charge >= 0.3 is 0 Å². The minimum Gasteiger partial charge on any atom is -0.439 e. The van der Waals surface area contributed by atoms with Gasteiger partial charge in [-0.15, -0.1) is 11.6 Å². The zero-order valence-corrected chi connectivity index (χ0v) is 11.4. The molecule has 0 spiro atoms. The van der Waals surface area contributed by atoms with Crippen molar-refractivity contribution in [2.75, 3.05) is 0 Å². The maximum atomic E-state index is 5.87. The van der Waals surface area contributed by atoms with E-state index < -0.39 is 0 Å². The van der Waals surface area contributed by atoms with Crippen LogP contribution < -0.4 is 4.74 Å². The van der Waals surface area contributed by atoms with Crippen LogP contribution in [-0.4, -0.2) is 4.98 Å². The zero-order valence-electron chi connectivity index (χ0n) is 10.6. The van der Waals surface area contributed by atoms with Crippen molar-refractivity contribution in [1.29, 1.82) is 0 Å². The molecule has 0 unspecified atom stereocenters. The summed E-state index contributed by atoms with van der Waals surface area (Å²) in [4.78, 5) is 4.44. The molecular weight excluding hydrogens is 246 g/mol. The van der Waals surface area contributed by atoms with Crippen molar-refractivity contribution in [3.63, 3.8) is 0 Å². The zero-order chi connectivity index (χ0) is 13.0. The van der Waals surface area contributed by atoms with Gasteiger partial charge in [0.1, 0.15) is 5.75 Å². The molecule has 2 aromatic rings. The summed E-state index contributed by atoms with van der Waals surface area (Å²) in [5.41, 5.74) is 3.19. The van der Waals surface area contributed by atoms with Crippen LogP contribution in [-0.2, 0) is 12.3 Å². The summed E-state index contributed by atoms with van der Waals surface area (Å²) in [6.07, 6.45) is 0.870. The highest BCUT2D eigenvalue weighted by molar-refractivity contribution is 6.17. The van der Waals surface area contributed by atoms with Crippen molar-refractivity contribution in [1.82, 2.24) is 4.98 Å². The predicted molar refractivity (Wildman–Crippen MR) is 74.4 cm³/mol. The van der Waals surface area contributed by atoms with E-state index >= 15 is 0 Å². The van der Waals surface area contributed by atoms with Crippen molar-refractivity contribution in [3.8, 4) is 11.6 Å². The van der Waals surface area contributed by atoms with E-state index in [9.17, 15) is 0 Å². The Morgan fingerprint density at radius 1 is 1.22 bits per heavy atom. The van der Waals surface area contributed by atoms with E-state index in [4.69, 9.17) is 16.3 Å². The average molecular weight is 262 g/mol. The first-order chi connectivity index (χ1) is 8.71. The number of nitrogens with zero attached hydrogens (tertiary/aromatic N) is 1. The van der Waals surface area contributed by atoms with E-state index in [1.165, 1.54) is 0 Å². The number of alkyl halides is 1. The highest BCUT2D eigenvalue weighted by Crippen LogP contribution is 2.22. The third kappa shape index (κ3) is 3.23. The first-order valence-electron chi connectivity index (χ1n) is 6.01. The fourth-order valence-corrected chi connectivity index (χ4v) is 1.88. The maximum Gasteiger partial charge on any atom is 0.219 e. The van der Waals surface area contributed by atoms with E-state index in [2.05, 4.69) is 11.9 Å². The normalized spacial score (nSPS) is 10.4. The Hall–Kier alpha value is -1.54. The lowest BCUT2D eigenvalue weighted by Crippen LogP contribution is -1.95. The maximum absolute atomic E-state index is 5.87. The highest BCUT2D eigenvalue weighted by Gasteiger charge is 2.04. The summed E-state index contributed by atoms with van der Waals surface area (Å²) < 4.78 is 5.77. The van der Waals surface area contributed by atoms with E-state index in [1.54, 1.807) is 0 Å². The van der Waals surface area contributed by atoms with Crippen molar-refractivity contribution in [2.24, 2.45) is 0 Å². The minimum absolute atomic E-state index is 0.472. The van der Waals surface area contributed by atoms with Gasteiger partial charge in [0, 0.05) is 17.6 Å². The van der Waals surface area contributed by atoms with Crippen molar-refractivity contribution in [3.05, 3.63) is 53.2 Å². The second-order valence-electron chi connectivity index (χ2n) is 4.21. The molecule has 0 saturated heterocycles. The lowest BCUT2D eigenvalue weighted by atomic mass is 10.2. The molecule has 0 saturated carbocycles. The molecule has 0 aliphatic heterocycles. The van der Waals surface area contributed by atoms with Crippen LogP contribution in [0.5, 0.6) is 11.6 Å². The molecule has 0 aliphatic rings. The van der Waals surface area contributed by atoms with Crippen molar-refractivity contribution < 1.29 is 4.74 Å². The molecule has 1 aromatic carbocycles. The molecule has 18 heavy (non-hydrogen) atoms. The Morgan fingerprint density at radius 3 is 2.72 bits per heavy atom. The predicted octanol–water partition coefficient (Wildman–Crippen LogP) is 4.48. The van der Waals surface area contributed by atoms with Crippen LogP contribution in [0.15, 0.2) is 36.4 Å². The Balaban J connectivity index is 2.28. The van der Waals surface area contributed by atoms with Gasteiger partial charge in [-0.05, 0) is 42.7 Å². The first-order valence-corrected chi connectivity index (χ1v) is 6.55. The molecular formula is C15H16ClNO. The molecule has 0 atom stereocenters. The summed E-state index contributed by atoms with van der Waals surface area (Å²) in [6, 6.07) is 11.8. The Labute approximate surface area is 113 Å². The molecule has 0 aliphatic carbocycles. The smallest absolute Gasteiger partial charge is 0.219 e. The fraction of sp³-hybridized carbons (Fsp3) is 0.267. The van der Waals surface area contributed by atoms with Gasteiger partial charge in [-0.2, -0.15) is 0 Å². The van der Waals surface area contributed by atoms with E-state index in [-0.39, 0.29) is 0 Å². The van der Waals surface area contributed by atoms with Gasteiger partial charge < -0.3 is 4.74 Å². The number of hydrogen-bond acceptors (Lipinski definition) is 2. The quantitative estimate of drug-likeness (QED) is 0.757. The van der Waals surface area contributed by atoms with Crippen molar-refractivity contribution >= 4 is 11.6 Å². The monoisotopic (exact) mass is 261 g/mol. The molecule has 0 amide bonds. The topological polar surface area (TPSA) is 22.1 Å². The van der Waals surface area contributed by atoms with Crippen LogP contribution in [0.4, 0.5) is 0 Å². The van der Waals surface area contributed by atoms with Gasteiger partial charge in [-0.3, -0.25) is 0 Å². The molecule has 1 heterocycles. The molecule has 2 rings (SSSR count). The van der Waals surface area contributed by atoms with Crippen LogP contribution in [0.25, 0.3) is 0 Å². The molecule has 0 bridgehead atoms. The lowest BCUT2D eigenvalue weighted by Gasteiger charge is -2.08. The van der Waals surface area contributed by atoms with Gasteiger partial charge in [-0.1, -0.05) is 19.1 Å². The average Bonchev–Trinajstić information content (AvgIpc) is 2.38. The van der Waals surface area contributed by atoms with E-state index in [1.807, 2.05) is 43.3 Å². The van der Waals surface area contributed by atoms with Gasteiger partial charge in [0.15, 0.2) is 0 Å². The lowest BCUT2D eigenvalue weighted by molar-refractivity contribution is 0.460. The third-order valence-corrected chi connectivity index (χ3v) is 2.95. The summed E-state index contributed by atoms with van der Waals surface area (Å²) in [5, 5.41) is 0. The molecule has 0 fully saturated rings. The number of benzene rings is 1. The largest absolute Gasteiger partial charge is 0.439 e. The third-order valence-electron chi connectivity index (χ3n) is 2.64. The number of halogens is 1. The van der Waals surface area contributed by atoms with Gasteiger partial charge in [0.25, 0.3) is 0 Å². The Kier molecular flexibility index (Phi) is 4.21. The number of pyridine rings is 1. The van der Waals surface area contributed by atoms with Crippen LogP contribution >= 0.6 is 11.6 Å². The second kappa shape index (κ2) is 5.87. The molecule has 2 nitrogen and oxygen atoms in total. The first kappa shape index (κ1) is 12.9. The standard InChI is InChI=1S/C15H16ClNO/c1-3-13-8-12(10-16)9-15(17-13)18-14-6-4-5-11(2)7-14/h4-9H,3,10H2,1-2H3. The van der Waals surface area contributed by atoms with Gasteiger partial charge in [0.05, 0.1) is 0 Å². The van der Waals surface area contributed by atoms with Crippen molar-refractivity contribution in [2.45, 2.75) is 26.1 Å². The molecule has 0 N–H and O–H groups in total. The summed E-state index contributed by atoms with van der Waals surface area (Å²) in [5.74, 6) is 1.88. The molecule has 1 aromatic heterocycles. The number of hydrogen-bond donors (Lipinski definition) is 0. The van der Waals surface area contributed by atoms with E-state index in [0.29, 0.717) is 11.8 Å². The molecule has 3 heteroatoms. The van der Waals surface area contributed by atoms with Crippen LogP contribution in [0.2, 0.25) is 0 Å². The minimum atomic E-state index is 0.472. The number of ether oxygens (including phenoxy) is 1. The van der Waals surface area contributed by atoms with E-state index in [0.717, 1.165) is 29.0 Å². The van der Waals surface area contributed by atoms with Gasteiger partial charge in [0.2, 0.25) is 5.88 Å². The highest BCUT2D eigenvalue weighted by atomic mass is 35.5. The van der Waals surface area contributed by atoms with Crippen LogP contribution in [0.3, 0.4) is 0 Å². The van der Waals surface area contributed by atoms with Crippen LogP contribution in [0, 0.1) is 6.92 Å². The summed E-state index contributed by atoms with van der Waals surface area (Å²) in [6.45, 7) is 4.10. The second-order valence-corrected chi connectivity index (χ2v) is 4.48. The Bertz CT molecular complexity index is 518. The number of aryl methyl sites for hydroxylation is 2. The summed E-state index contributed by atoms with van der Waals surface area (Å²) >= 11 is 5.87. The molecule has 0 radical (unpaired) electrons. The number of aromatic nitrogens is 1. The van der Waals surface area contributed by atoms with Gasteiger partial charge in [-0.25, -0.2) is 4.98 Å². The summed E-state index contributed by atoms with van der Waals surface area (Å²) in [7, 11) is 0. The molecule has 94 valence electrons. The van der Waals surface area contributed by atoms with Crippen LogP contribution in [0.1, 0.15) is 23.7 Å². The SMILES string of the molecule is CCc1cc(CCl)cc(Oc2cccc(C)c2)n1. The number of rotatable bonds is 4. The fourth-order valence-electron chi connectivity index (χ4n) is 1.73. The Morgan fingerprint density at radius 2 is 2.06 bits per heavy atom.